The first-order valence-electron chi connectivity index (χ1n) is 8.40. The molecule has 5 heteroatoms. The largest absolute Gasteiger partial charge is 0.525 e. The quantitative estimate of drug-likeness (QED) is 0.647. The van der Waals surface area contributed by atoms with Crippen molar-refractivity contribution in [2.45, 2.75) is 65.3 Å². The van der Waals surface area contributed by atoms with Crippen LogP contribution in [0.15, 0.2) is 30.0 Å². The van der Waals surface area contributed by atoms with Crippen molar-refractivity contribution in [2.24, 2.45) is 0 Å². The zero-order chi connectivity index (χ0) is 19.0. The van der Waals surface area contributed by atoms with Crippen molar-refractivity contribution in [3.8, 4) is 11.8 Å². The monoisotopic (exact) mass is 344 g/mol. The molecule has 1 aromatic rings. The van der Waals surface area contributed by atoms with Gasteiger partial charge in [0.2, 0.25) is 0 Å². The van der Waals surface area contributed by atoms with Crippen LogP contribution in [-0.4, -0.2) is 29.0 Å². The lowest BCUT2D eigenvalue weighted by Crippen LogP contribution is -2.41. The fourth-order valence-electron chi connectivity index (χ4n) is 2.29. The van der Waals surface area contributed by atoms with E-state index in [0.29, 0.717) is 5.57 Å². The summed E-state index contributed by atoms with van der Waals surface area (Å²) in [5.41, 5.74) is -0.653. The molecule has 1 saturated heterocycles. The number of aliphatic hydroxyl groups is 1. The summed E-state index contributed by atoms with van der Waals surface area (Å²) in [5.74, 6) is 5.65. The van der Waals surface area contributed by atoms with Gasteiger partial charge in [-0.3, -0.25) is 0 Å². The van der Waals surface area contributed by atoms with Crippen LogP contribution < -0.4 is 0 Å². The predicted octanol–water partition coefficient (Wildman–Crippen LogP) is 4.14. The van der Waals surface area contributed by atoms with Crippen molar-refractivity contribution in [2.75, 3.05) is 0 Å². The van der Waals surface area contributed by atoms with Crippen LogP contribution in [0.4, 0.5) is 4.39 Å². The Balaban J connectivity index is 2.23. The molecule has 25 heavy (non-hydrogen) atoms. The molecule has 0 atom stereocenters. The van der Waals surface area contributed by atoms with Gasteiger partial charge in [-0.1, -0.05) is 24.0 Å². The van der Waals surface area contributed by atoms with Gasteiger partial charge in [0, 0.05) is 5.56 Å². The topological polar surface area (TPSA) is 38.7 Å². The first-order valence-corrected chi connectivity index (χ1v) is 8.40. The highest BCUT2D eigenvalue weighted by Gasteiger charge is 2.53. The van der Waals surface area contributed by atoms with Crippen molar-refractivity contribution in [1.29, 1.82) is 0 Å². The minimum atomic E-state index is -1.04. The van der Waals surface area contributed by atoms with Crippen LogP contribution in [0.5, 0.6) is 0 Å². The number of benzene rings is 1. The molecule has 0 aliphatic carbocycles. The van der Waals surface area contributed by atoms with Crippen LogP contribution in [0.2, 0.25) is 0 Å². The van der Waals surface area contributed by atoms with E-state index in [9.17, 15) is 9.50 Å². The van der Waals surface area contributed by atoms with Gasteiger partial charge in [0.05, 0.1) is 11.2 Å². The summed E-state index contributed by atoms with van der Waals surface area (Å²) < 4.78 is 26.4. The van der Waals surface area contributed by atoms with Crippen LogP contribution in [0.3, 0.4) is 0 Å². The molecule has 1 aliphatic heterocycles. The van der Waals surface area contributed by atoms with Crippen LogP contribution in [-0.2, 0) is 9.31 Å². The predicted molar refractivity (Wildman–Crippen MR) is 99.4 cm³/mol. The lowest BCUT2D eigenvalue weighted by atomic mass is 9.83. The standard InChI is InChI=1S/C20H26BFO3/c1-14(17(22)21-24-19(4,5)20(6,7)25-21)16-10-8-15(9-11-16)12-13-18(2,3)23/h8-11,23H,1-7H3. The average molecular weight is 344 g/mol. The smallest absolute Gasteiger partial charge is 0.398 e. The van der Waals surface area contributed by atoms with Gasteiger partial charge in [-0.25, -0.2) is 4.39 Å². The third-order valence-electron chi connectivity index (χ3n) is 4.65. The molecular formula is C20H26BFO3. The molecule has 3 nitrogen and oxygen atoms in total. The molecule has 1 N–H and O–H groups in total. The Morgan fingerprint density at radius 3 is 2.00 bits per heavy atom. The van der Waals surface area contributed by atoms with Gasteiger partial charge in [0.25, 0.3) is 0 Å². The first kappa shape index (κ1) is 19.7. The lowest BCUT2D eigenvalue weighted by Gasteiger charge is -2.32. The summed E-state index contributed by atoms with van der Waals surface area (Å²) in [5, 5.41) is 9.64. The Bertz CT molecular complexity index is 715. The van der Waals surface area contributed by atoms with E-state index >= 15 is 0 Å². The Morgan fingerprint density at radius 1 is 1.08 bits per heavy atom. The molecule has 1 aromatic carbocycles. The van der Waals surface area contributed by atoms with E-state index in [-0.39, 0.29) is 0 Å². The van der Waals surface area contributed by atoms with E-state index in [0.717, 1.165) is 11.1 Å². The van der Waals surface area contributed by atoms with Crippen LogP contribution >= 0.6 is 0 Å². The molecule has 0 saturated carbocycles. The van der Waals surface area contributed by atoms with Crippen molar-refractivity contribution >= 4 is 12.7 Å². The van der Waals surface area contributed by atoms with Gasteiger partial charge >= 0.3 is 7.12 Å². The van der Waals surface area contributed by atoms with E-state index in [4.69, 9.17) is 9.31 Å². The molecule has 2 rings (SSSR count). The number of hydrogen-bond donors (Lipinski definition) is 1. The van der Waals surface area contributed by atoms with Crippen LogP contribution in [0.25, 0.3) is 5.57 Å². The van der Waals surface area contributed by atoms with E-state index < -0.39 is 29.6 Å². The highest BCUT2D eigenvalue weighted by Crippen LogP contribution is 2.40. The molecule has 0 amide bonds. The second-order valence-corrected chi connectivity index (χ2v) is 7.95. The summed E-state index contributed by atoms with van der Waals surface area (Å²) in [6.07, 6.45) is 0. The second kappa shape index (κ2) is 6.61. The van der Waals surface area contributed by atoms with Gasteiger partial charge < -0.3 is 14.4 Å². The maximum Gasteiger partial charge on any atom is 0.525 e. The van der Waals surface area contributed by atoms with Crippen molar-refractivity contribution in [3.05, 3.63) is 41.1 Å². The number of allylic oxidation sites excluding steroid dienone is 1. The molecule has 134 valence electrons. The molecule has 0 aromatic heterocycles. The van der Waals surface area contributed by atoms with Gasteiger partial charge in [-0.15, -0.1) is 0 Å². The van der Waals surface area contributed by atoms with E-state index in [1.807, 2.05) is 27.7 Å². The molecule has 1 fully saturated rings. The fraction of sp³-hybridized carbons (Fsp3) is 0.500. The highest BCUT2D eigenvalue weighted by molar-refractivity contribution is 6.55. The van der Waals surface area contributed by atoms with Gasteiger partial charge in [-0.05, 0) is 71.7 Å². The van der Waals surface area contributed by atoms with Crippen LogP contribution in [0.1, 0.15) is 59.6 Å². The highest BCUT2D eigenvalue weighted by atomic mass is 19.1. The minimum absolute atomic E-state index is 0.422. The van der Waals surface area contributed by atoms with Crippen LogP contribution in [0, 0.1) is 11.8 Å². The normalized spacial score (nSPS) is 20.0. The average Bonchev–Trinajstić information content (AvgIpc) is 2.72. The zero-order valence-corrected chi connectivity index (χ0v) is 16.0. The maximum atomic E-state index is 14.8. The van der Waals surface area contributed by atoms with Gasteiger partial charge in [0.15, 0.2) is 0 Å². The lowest BCUT2D eigenvalue weighted by molar-refractivity contribution is 0.00578. The molecule has 0 unspecified atom stereocenters. The molecule has 0 bridgehead atoms. The van der Waals surface area contributed by atoms with E-state index in [1.54, 1.807) is 45.0 Å². The fourth-order valence-corrected chi connectivity index (χ4v) is 2.29. The Morgan fingerprint density at radius 2 is 1.56 bits per heavy atom. The number of rotatable bonds is 2. The number of hydrogen-bond acceptors (Lipinski definition) is 3. The van der Waals surface area contributed by atoms with Gasteiger partial charge in [0.1, 0.15) is 11.3 Å². The van der Waals surface area contributed by atoms with Gasteiger partial charge in [-0.2, -0.15) is 0 Å². The molecule has 0 radical (unpaired) electrons. The summed E-state index contributed by atoms with van der Waals surface area (Å²) in [4.78, 5) is 0. The van der Waals surface area contributed by atoms with E-state index in [1.165, 1.54) is 0 Å². The van der Waals surface area contributed by atoms with Crippen molar-refractivity contribution in [1.82, 2.24) is 0 Å². The third-order valence-corrected chi connectivity index (χ3v) is 4.65. The maximum absolute atomic E-state index is 14.8. The summed E-state index contributed by atoms with van der Waals surface area (Å²) in [7, 11) is -1.00. The minimum Gasteiger partial charge on any atom is -0.398 e. The summed E-state index contributed by atoms with van der Waals surface area (Å²) in [6, 6.07) is 7.20. The third kappa shape index (κ3) is 4.52. The molecule has 1 heterocycles. The Hall–Kier alpha value is -1.61. The SMILES string of the molecule is CC(=C(F)B1OC(C)(C)C(C)(C)O1)c1ccc(C#CC(C)(C)O)cc1. The van der Waals surface area contributed by atoms with E-state index in [2.05, 4.69) is 11.8 Å². The van der Waals surface area contributed by atoms with Crippen molar-refractivity contribution < 1.29 is 18.8 Å². The zero-order valence-electron chi connectivity index (χ0n) is 16.0. The van der Waals surface area contributed by atoms with Crippen molar-refractivity contribution in [3.63, 3.8) is 0 Å². The molecule has 1 aliphatic rings. The summed E-state index contributed by atoms with van der Waals surface area (Å²) in [6.45, 7) is 12.5. The Labute approximate surface area is 150 Å². The molecular weight excluding hydrogens is 318 g/mol. The second-order valence-electron chi connectivity index (χ2n) is 7.95. The molecule has 0 spiro atoms. The Kier molecular flexibility index (Phi) is 5.21. The first-order chi connectivity index (χ1) is 11.3. The summed E-state index contributed by atoms with van der Waals surface area (Å²) >= 11 is 0. The number of halogens is 1.